The zero-order valence-electron chi connectivity index (χ0n) is 12.9. The first-order valence-corrected chi connectivity index (χ1v) is 8.79. The number of nitrogens with one attached hydrogen (secondary N) is 1. The molecule has 0 aromatic heterocycles. The van der Waals surface area contributed by atoms with Crippen LogP contribution < -0.4 is 10.1 Å². The van der Waals surface area contributed by atoms with Crippen LogP contribution in [0.2, 0.25) is 0 Å². The van der Waals surface area contributed by atoms with Crippen LogP contribution in [0.25, 0.3) is 0 Å². The van der Waals surface area contributed by atoms with Gasteiger partial charge in [-0.25, -0.2) is 12.7 Å². The van der Waals surface area contributed by atoms with Gasteiger partial charge in [0.15, 0.2) is 0 Å². The standard InChI is InChI=1S/C15H24N2O3S/c1-4-9-17(2)21(18,19)15-10-12(5-8-14(15)20-3)11-16-13-6-7-13/h5,8,10,13,16H,4,6-7,9,11H2,1-3H3. The van der Waals surface area contributed by atoms with Gasteiger partial charge in [-0.15, -0.1) is 0 Å². The number of methoxy groups -OCH3 is 1. The van der Waals surface area contributed by atoms with Gasteiger partial charge in [-0.1, -0.05) is 13.0 Å². The van der Waals surface area contributed by atoms with Gasteiger partial charge < -0.3 is 10.1 Å². The molecule has 2 rings (SSSR count). The minimum Gasteiger partial charge on any atom is -0.495 e. The van der Waals surface area contributed by atoms with E-state index in [1.165, 1.54) is 24.3 Å². The highest BCUT2D eigenvalue weighted by Crippen LogP contribution is 2.28. The van der Waals surface area contributed by atoms with Gasteiger partial charge in [-0.05, 0) is 37.0 Å². The van der Waals surface area contributed by atoms with Gasteiger partial charge in [-0.3, -0.25) is 0 Å². The van der Waals surface area contributed by atoms with E-state index >= 15 is 0 Å². The SMILES string of the molecule is CCCN(C)S(=O)(=O)c1cc(CNC2CC2)ccc1OC. The summed E-state index contributed by atoms with van der Waals surface area (Å²) in [5.41, 5.74) is 0.964. The second kappa shape index (κ2) is 6.77. The van der Waals surface area contributed by atoms with Crippen LogP contribution in [0, 0.1) is 0 Å². The van der Waals surface area contributed by atoms with Crippen LogP contribution in [0.4, 0.5) is 0 Å². The van der Waals surface area contributed by atoms with E-state index in [-0.39, 0.29) is 4.90 Å². The molecule has 0 spiro atoms. The van der Waals surface area contributed by atoms with Crippen LogP contribution in [-0.2, 0) is 16.6 Å². The molecule has 1 saturated carbocycles. The highest BCUT2D eigenvalue weighted by Gasteiger charge is 2.25. The van der Waals surface area contributed by atoms with Crippen LogP contribution in [0.15, 0.2) is 23.1 Å². The molecule has 5 nitrogen and oxygen atoms in total. The number of nitrogens with zero attached hydrogens (tertiary/aromatic N) is 1. The van der Waals surface area contributed by atoms with Crippen molar-refractivity contribution in [2.24, 2.45) is 0 Å². The van der Waals surface area contributed by atoms with Crippen LogP contribution in [0.1, 0.15) is 31.7 Å². The summed E-state index contributed by atoms with van der Waals surface area (Å²) >= 11 is 0. The summed E-state index contributed by atoms with van der Waals surface area (Å²) in [6.45, 7) is 3.14. The van der Waals surface area contributed by atoms with Gasteiger partial charge in [0, 0.05) is 26.2 Å². The topological polar surface area (TPSA) is 58.6 Å². The molecule has 0 amide bonds. The number of hydrogen-bond donors (Lipinski definition) is 1. The molecule has 0 saturated heterocycles. The van der Waals surface area contributed by atoms with Crippen molar-refractivity contribution in [3.8, 4) is 5.75 Å². The van der Waals surface area contributed by atoms with E-state index in [2.05, 4.69) is 5.32 Å². The molecular formula is C15H24N2O3S. The molecule has 118 valence electrons. The van der Waals surface area contributed by atoms with Gasteiger partial charge in [0.05, 0.1) is 7.11 Å². The van der Waals surface area contributed by atoms with E-state index in [0.717, 1.165) is 12.0 Å². The van der Waals surface area contributed by atoms with Crippen molar-refractivity contribution in [2.45, 2.75) is 43.7 Å². The number of hydrogen-bond acceptors (Lipinski definition) is 4. The lowest BCUT2D eigenvalue weighted by molar-refractivity contribution is 0.397. The van der Waals surface area contributed by atoms with Gasteiger partial charge in [0.25, 0.3) is 0 Å². The molecule has 0 radical (unpaired) electrons. The Morgan fingerprint density at radius 1 is 1.38 bits per heavy atom. The van der Waals surface area contributed by atoms with Gasteiger partial charge in [0.2, 0.25) is 10.0 Å². The Balaban J connectivity index is 2.27. The Kier molecular flexibility index (Phi) is 5.24. The fourth-order valence-electron chi connectivity index (χ4n) is 2.19. The van der Waals surface area contributed by atoms with Crippen LogP contribution in [-0.4, -0.2) is 39.5 Å². The molecule has 0 bridgehead atoms. The maximum atomic E-state index is 12.6. The summed E-state index contributed by atoms with van der Waals surface area (Å²) in [6, 6.07) is 5.95. The third-order valence-electron chi connectivity index (χ3n) is 3.63. The summed E-state index contributed by atoms with van der Waals surface area (Å²) in [5, 5.41) is 3.39. The molecule has 0 atom stereocenters. The zero-order valence-corrected chi connectivity index (χ0v) is 13.7. The summed E-state index contributed by atoms with van der Waals surface area (Å²) in [6.07, 6.45) is 3.20. The largest absolute Gasteiger partial charge is 0.495 e. The van der Waals surface area contributed by atoms with Crippen molar-refractivity contribution in [1.82, 2.24) is 9.62 Å². The molecule has 1 fully saturated rings. The van der Waals surface area contributed by atoms with E-state index in [1.54, 1.807) is 19.2 Å². The molecule has 0 aliphatic heterocycles. The fraction of sp³-hybridized carbons (Fsp3) is 0.600. The van der Waals surface area contributed by atoms with Gasteiger partial charge in [-0.2, -0.15) is 0 Å². The number of rotatable bonds is 8. The van der Waals surface area contributed by atoms with Crippen molar-refractivity contribution >= 4 is 10.0 Å². The normalized spacial score (nSPS) is 15.4. The molecular weight excluding hydrogens is 288 g/mol. The smallest absolute Gasteiger partial charge is 0.246 e. The molecule has 1 aliphatic carbocycles. The second-order valence-electron chi connectivity index (χ2n) is 5.47. The van der Waals surface area contributed by atoms with Gasteiger partial charge in [0.1, 0.15) is 10.6 Å². The summed E-state index contributed by atoms with van der Waals surface area (Å²) in [7, 11) is -0.408. The van der Waals surface area contributed by atoms with E-state index in [1.807, 2.05) is 13.0 Å². The lowest BCUT2D eigenvalue weighted by atomic mass is 10.2. The quantitative estimate of drug-likeness (QED) is 0.797. The fourth-order valence-corrected chi connectivity index (χ4v) is 3.65. The van der Waals surface area contributed by atoms with Crippen molar-refractivity contribution in [3.05, 3.63) is 23.8 Å². The third-order valence-corrected chi connectivity index (χ3v) is 5.51. The molecule has 0 unspecified atom stereocenters. The predicted octanol–water partition coefficient (Wildman–Crippen LogP) is 1.98. The molecule has 6 heteroatoms. The number of benzene rings is 1. The van der Waals surface area contributed by atoms with E-state index in [4.69, 9.17) is 4.74 Å². The molecule has 1 aliphatic rings. The second-order valence-corrected chi connectivity index (χ2v) is 7.48. The Morgan fingerprint density at radius 2 is 2.10 bits per heavy atom. The first-order chi connectivity index (χ1) is 9.98. The van der Waals surface area contributed by atoms with Crippen LogP contribution in [0.3, 0.4) is 0 Å². The average Bonchev–Trinajstić information content (AvgIpc) is 3.29. The molecule has 0 heterocycles. The predicted molar refractivity (Wildman–Crippen MR) is 83.0 cm³/mol. The van der Waals surface area contributed by atoms with Crippen molar-refractivity contribution in [1.29, 1.82) is 0 Å². The van der Waals surface area contributed by atoms with Crippen LogP contribution >= 0.6 is 0 Å². The Morgan fingerprint density at radius 3 is 2.67 bits per heavy atom. The minimum absolute atomic E-state index is 0.246. The monoisotopic (exact) mass is 312 g/mol. The summed E-state index contributed by atoms with van der Waals surface area (Å²) in [5.74, 6) is 0.396. The molecule has 1 N–H and O–H groups in total. The Labute approximate surface area is 127 Å². The lowest BCUT2D eigenvalue weighted by Crippen LogP contribution is -2.28. The molecule has 21 heavy (non-hydrogen) atoms. The van der Waals surface area contributed by atoms with Crippen LogP contribution in [0.5, 0.6) is 5.75 Å². The van der Waals surface area contributed by atoms with Crippen molar-refractivity contribution < 1.29 is 13.2 Å². The highest BCUT2D eigenvalue weighted by atomic mass is 32.2. The Hall–Kier alpha value is -1.11. The maximum Gasteiger partial charge on any atom is 0.246 e. The lowest BCUT2D eigenvalue weighted by Gasteiger charge is -2.19. The number of ether oxygens (including phenoxy) is 1. The van der Waals surface area contributed by atoms with Crippen molar-refractivity contribution in [3.63, 3.8) is 0 Å². The zero-order chi connectivity index (χ0) is 15.5. The summed E-state index contributed by atoms with van der Waals surface area (Å²) in [4.78, 5) is 0.246. The first kappa shape index (κ1) is 16.3. The maximum absolute atomic E-state index is 12.6. The third kappa shape index (κ3) is 3.96. The minimum atomic E-state index is -3.51. The Bertz CT molecular complexity index is 583. The average molecular weight is 312 g/mol. The van der Waals surface area contributed by atoms with Gasteiger partial charge >= 0.3 is 0 Å². The van der Waals surface area contributed by atoms with E-state index in [0.29, 0.717) is 24.9 Å². The summed E-state index contributed by atoms with van der Waals surface area (Å²) < 4.78 is 31.9. The molecule has 1 aromatic rings. The van der Waals surface area contributed by atoms with E-state index < -0.39 is 10.0 Å². The van der Waals surface area contributed by atoms with E-state index in [9.17, 15) is 8.42 Å². The number of sulfonamides is 1. The molecule has 1 aromatic carbocycles. The first-order valence-electron chi connectivity index (χ1n) is 7.35. The van der Waals surface area contributed by atoms with Crippen molar-refractivity contribution in [2.75, 3.05) is 20.7 Å². The highest BCUT2D eigenvalue weighted by molar-refractivity contribution is 7.89.